The third kappa shape index (κ3) is 2.57. The number of benzene rings is 2. The normalized spacial score (nSPS) is 10.4. The van der Waals surface area contributed by atoms with Crippen molar-refractivity contribution in [3.8, 4) is 5.75 Å². The van der Waals surface area contributed by atoms with Crippen LogP contribution in [0.5, 0.6) is 5.75 Å². The van der Waals surface area contributed by atoms with Crippen molar-refractivity contribution >= 4 is 5.78 Å². The standard InChI is InChI=1S/C17H17FO2/c1-10-7-12(3)16(15(8-10)20-4)17(19)14-6-5-13(18)9-11(14)2/h5-9H,1-4H3. The van der Waals surface area contributed by atoms with E-state index in [2.05, 4.69) is 0 Å². The lowest BCUT2D eigenvalue weighted by molar-refractivity contribution is 0.103. The van der Waals surface area contributed by atoms with Crippen LogP contribution in [0, 0.1) is 26.6 Å². The van der Waals surface area contributed by atoms with Gasteiger partial charge >= 0.3 is 0 Å². The number of ether oxygens (including phenoxy) is 1. The van der Waals surface area contributed by atoms with E-state index >= 15 is 0 Å². The van der Waals surface area contributed by atoms with Gasteiger partial charge in [-0.3, -0.25) is 4.79 Å². The van der Waals surface area contributed by atoms with Crippen LogP contribution < -0.4 is 4.74 Å². The minimum atomic E-state index is -0.341. The van der Waals surface area contributed by atoms with E-state index in [0.29, 0.717) is 22.4 Å². The molecule has 0 bridgehead atoms. The Labute approximate surface area is 118 Å². The molecule has 0 unspecified atom stereocenters. The number of halogens is 1. The lowest BCUT2D eigenvalue weighted by Crippen LogP contribution is -2.08. The second-order valence-corrected chi connectivity index (χ2v) is 4.95. The van der Waals surface area contributed by atoms with Crippen LogP contribution in [0.25, 0.3) is 0 Å². The van der Waals surface area contributed by atoms with Crippen molar-refractivity contribution in [1.82, 2.24) is 0 Å². The summed E-state index contributed by atoms with van der Waals surface area (Å²) in [7, 11) is 1.54. The summed E-state index contributed by atoms with van der Waals surface area (Å²) in [6.07, 6.45) is 0. The van der Waals surface area contributed by atoms with E-state index in [1.54, 1.807) is 14.0 Å². The minimum absolute atomic E-state index is 0.142. The van der Waals surface area contributed by atoms with Crippen LogP contribution in [0.3, 0.4) is 0 Å². The Balaban J connectivity index is 2.59. The zero-order valence-corrected chi connectivity index (χ0v) is 12.1. The summed E-state index contributed by atoms with van der Waals surface area (Å²) in [4.78, 5) is 12.7. The molecule has 0 saturated heterocycles. The Bertz CT molecular complexity index is 675. The number of aryl methyl sites for hydroxylation is 3. The van der Waals surface area contributed by atoms with E-state index < -0.39 is 0 Å². The molecule has 2 aromatic rings. The average molecular weight is 272 g/mol. The molecule has 0 fully saturated rings. The van der Waals surface area contributed by atoms with Crippen LogP contribution in [-0.4, -0.2) is 12.9 Å². The summed E-state index contributed by atoms with van der Waals surface area (Å²) in [5.41, 5.74) is 3.55. The van der Waals surface area contributed by atoms with Gasteiger partial charge in [0.15, 0.2) is 5.78 Å². The highest BCUT2D eigenvalue weighted by Gasteiger charge is 2.19. The summed E-state index contributed by atoms with van der Waals surface area (Å²) in [5, 5.41) is 0. The highest BCUT2D eigenvalue weighted by Crippen LogP contribution is 2.28. The fraction of sp³-hybridized carbons (Fsp3) is 0.235. The summed E-state index contributed by atoms with van der Waals surface area (Å²) >= 11 is 0. The molecule has 0 amide bonds. The maximum Gasteiger partial charge on any atom is 0.197 e. The molecule has 0 aliphatic carbocycles. The van der Waals surface area contributed by atoms with Crippen molar-refractivity contribution in [2.24, 2.45) is 0 Å². The fourth-order valence-electron chi connectivity index (χ4n) is 2.40. The molecule has 0 radical (unpaired) electrons. The molecule has 2 aromatic carbocycles. The predicted molar refractivity (Wildman–Crippen MR) is 77.0 cm³/mol. The van der Waals surface area contributed by atoms with Gasteiger partial charge in [0.1, 0.15) is 11.6 Å². The maximum atomic E-state index is 13.2. The van der Waals surface area contributed by atoms with Gasteiger partial charge in [-0.1, -0.05) is 6.07 Å². The Morgan fingerprint density at radius 2 is 1.75 bits per heavy atom. The van der Waals surface area contributed by atoms with Crippen LogP contribution in [0.2, 0.25) is 0 Å². The second kappa shape index (κ2) is 5.45. The summed E-state index contributed by atoms with van der Waals surface area (Å²) < 4.78 is 18.5. The molecule has 3 heteroatoms. The molecule has 0 N–H and O–H groups in total. The van der Waals surface area contributed by atoms with Gasteiger partial charge in [-0.25, -0.2) is 4.39 Å². The second-order valence-electron chi connectivity index (χ2n) is 4.95. The summed E-state index contributed by atoms with van der Waals surface area (Å²) in [6.45, 7) is 5.56. The van der Waals surface area contributed by atoms with E-state index in [-0.39, 0.29) is 11.6 Å². The van der Waals surface area contributed by atoms with E-state index in [9.17, 15) is 9.18 Å². The van der Waals surface area contributed by atoms with E-state index in [1.165, 1.54) is 18.2 Å². The first-order valence-corrected chi connectivity index (χ1v) is 6.40. The van der Waals surface area contributed by atoms with Crippen molar-refractivity contribution < 1.29 is 13.9 Å². The van der Waals surface area contributed by atoms with Crippen molar-refractivity contribution in [1.29, 1.82) is 0 Å². The van der Waals surface area contributed by atoms with Crippen LogP contribution in [0.1, 0.15) is 32.6 Å². The molecule has 0 aliphatic heterocycles. The molecular weight excluding hydrogens is 255 g/mol. The smallest absolute Gasteiger partial charge is 0.197 e. The van der Waals surface area contributed by atoms with Crippen LogP contribution in [-0.2, 0) is 0 Å². The molecule has 2 nitrogen and oxygen atoms in total. The predicted octanol–water partition coefficient (Wildman–Crippen LogP) is 3.99. The van der Waals surface area contributed by atoms with Gasteiger partial charge in [0, 0.05) is 5.56 Å². The SMILES string of the molecule is COc1cc(C)cc(C)c1C(=O)c1ccc(F)cc1C. The Morgan fingerprint density at radius 3 is 2.35 bits per heavy atom. The number of ketones is 1. The van der Waals surface area contributed by atoms with Crippen LogP contribution >= 0.6 is 0 Å². The average Bonchev–Trinajstić information content (AvgIpc) is 2.37. The molecule has 0 atom stereocenters. The molecule has 104 valence electrons. The highest BCUT2D eigenvalue weighted by molar-refractivity contribution is 6.12. The van der Waals surface area contributed by atoms with Gasteiger partial charge in [-0.05, 0) is 61.7 Å². The van der Waals surface area contributed by atoms with Crippen molar-refractivity contribution in [3.63, 3.8) is 0 Å². The first-order valence-electron chi connectivity index (χ1n) is 6.40. The largest absolute Gasteiger partial charge is 0.496 e. The summed E-state index contributed by atoms with van der Waals surface area (Å²) in [6, 6.07) is 7.96. The van der Waals surface area contributed by atoms with Crippen LogP contribution in [0.4, 0.5) is 4.39 Å². The first-order chi connectivity index (χ1) is 9.43. The van der Waals surface area contributed by atoms with Crippen molar-refractivity contribution in [2.75, 3.05) is 7.11 Å². The van der Waals surface area contributed by atoms with E-state index in [0.717, 1.165) is 11.1 Å². The Kier molecular flexibility index (Phi) is 3.89. The zero-order chi connectivity index (χ0) is 14.9. The number of hydrogen-bond acceptors (Lipinski definition) is 2. The van der Waals surface area contributed by atoms with Gasteiger partial charge in [-0.2, -0.15) is 0 Å². The molecule has 0 aromatic heterocycles. The third-order valence-corrected chi connectivity index (χ3v) is 3.32. The maximum absolute atomic E-state index is 13.2. The van der Waals surface area contributed by atoms with Gasteiger partial charge in [0.25, 0.3) is 0 Å². The van der Waals surface area contributed by atoms with Crippen molar-refractivity contribution in [3.05, 3.63) is 64.0 Å². The minimum Gasteiger partial charge on any atom is -0.496 e. The monoisotopic (exact) mass is 272 g/mol. The fourth-order valence-corrected chi connectivity index (χ4v) is 2.40. The summed E-state index contributed by atoms with van der Waals surface area (Å²) in [5.74, 6) is 0.0692. The molecule has 0 saturated carbocycles. The lowest BCUT2D eigenvalue weighted by atomic mass is 9.94. The van der Waals surface area contributed by atoms with Crippen LogP contribution in [0.15, 0.2) is 30.3 Å². The quantitative estimate of drug-likeness (QED) is 0.790. The van der Waals surface area contributed by atoms with Crippen molar-refractivity contribution in [2.45, 2.75) is 20.8 Å². The first kappa shape index (κ1) is 14.3. The Morgan fingerprint density at radius 1 is 1.05 bits per heavy atom. The zero-order valence-electron chi connectivity index (χ0n) is 12.1. The van der Waals surface area contributed by atoms with Gasteiger partial charge in [0.2, 0.25) is 0 Å². The molecule has 20 heavy (non-hydrogen) atoms. The van der Waals surface area contributed by atoms with Gasteiger partial charge in [0.05, 0.1) is 12.7 Å². The third-order valence-electron chi connectivity index (χ3n) is 3.32. The number of hydrogen-bond donors (Lipinski definition) is 0. The number of rotatable bonds is 3. The molecular formula is C17H17FO2. The molecule has 0 spiro atoms. The number of carbonyl (C=O) groups excluding carboxylic acids is 1. The van der Waals surface area contributed by atoms with Gasteiger partial charge < -0.3 is 4.74 Å². The lowest BCUT2D eigenvalue weighted by Gasteiger charge is -2.13. The number of carbonyl (C=O) groups is 1. The molecule has 0 heterocycles. The highest BCUT2D eigenvalue weighted by atomic mass is 19.1. The van der Waals surface area contributed by atoms with Gasteiger partial charge in [-0.15, -0.1) is 0 Å². The molecule has 2 rings (SSSR count). The number of methoxy groups -OCH3 is 1. The molecule has 0 aliphatic rings. The van der Waals surface area contributed by atoms with E-state index in [4.69, 9.17) is 4.74 Å². The topological polar surface area (TPSA) is 26.3 Å². The van der Waals surface area contributed by atoms with E-state index in [1.807, 2.05) is 26.0 Å². The Hall–Kier alpha value is -2.16.